The molecule has 0 bridgehead atoms. The molecule has 0 heterocycles. The lowest BCUT2D eigenvalue weighted by Gasteiger charge is -2.07. The van der Waals surface area contributed by atoms with E-state index in [0.29, 0.717) is 10.6 Å². The highest BCUT2D eigenvalue weighted by molar-refractivity contribution is 6.31. The van der Waals surface area contributed by atoms with Crippen molar-refractivity contribution in [2.24, 2.45) is 0 Å². The number of benzene rings is 1. The Morgan fingerprint density at radius 2 is 2.27 bits per heavy atom. The Bertz CT molecular complexity index is 383. The molecule has 0 saturated carbocycles. The van der Waals surface area contributed by atoms with Gasteiger partial charge in [0.05, 0.1) is 6.61 Å². The van der Waals surface area contributed by atoms with Crippen molar-refractivity contribution in [1.29, 1.82) is 0 Å². The number of hydrogen-bond donors (Lipinski definition) is 1. The first kappa shape index (κ1) is 12.0. The predicted octanol–water partition coefficient (Wildman–Crippen LogP) is 2.48. The van der Waals surface area contributed by atoms with Gasteiger partial charge in [-0.1, -0.05) is 24.6 Å². The van der Waals surface area contributed by atoms with Crippen LogP contribution in [0.3, 0.4) is 0 Å². The molecule has 0 fully saturated rings. The third-order valence-electron chi connectivity index (χ3n) is 2.20. The van der Waals surface area contributed by atoms with Gasteiger partial charge in [0.15, 0.2) is 0 Å². The van der Waals surface area contributed by atoms with Crippen LogP contribution in [0.5, 0.6) is 0 Å². The summed E-state index contributed by atoms with van der Waals surface area (Å²) in [6, 6.07) is 5.44. The maximum absolute atomic E-state index is 10.9. The van der Waals surface area contributed by atoms with Gasteiger partial charge in [-0.05, 0) is 35.8 Å². The van der Waals surface area contributed by atoms with Gasteiger partial charge in [-0.2, -0.15) is 0 Å². The van der Waals surface area contributed by atoms with E-state index >= 15 is 0 Å². The van der Waals surface area contributed by atoms with E-state index in [0.717, 1.165) is 23.8 Å². The monoisotopic (exact) mass is 224 g/mol. The Morgan fingerprint density at radius 1 is 1.53 bits per heavy atom. The van der Waals surface area contributed by atoms with E-state index in [4.69, 9.17) is 16.7 Å². The lowest BCUT2D eigenvalue weighted by atomic mass is 9.99. The molecule has 80 valence electrons. The summed E-state index contributed by atoms with van der Waals surface area (Å²) in [7, 11) is 0. The van der Waals surface area contributed by atoms with Crippen molar-refractivity contribution in [1.82, 2.24) is 0 Å². The van der Waals surface area contributed by atoms with Gasteiger partial charge in [0, 0.05) is 10.6 Å². The van der Waals surface area contributed by atoms with Crippen molar-refractivity contribution in [2.45, 2.75) is 13.3 Å². The van der Waals surface area contributed by atoms with Gasteiger partial charge in [-0.3, -0.25) is 4.79 Å². The number of allylic oxidation sites excluding steroid dienone is 1. The lowest BCUT2D eigenvalue weighted by Crippen LogP contribution is -1.94. The van der Waals surface area contributed by atoms with E-state index in [2.05, 4.69) is 0 Å². The van der Waals surface area contributed by atoms with Crippen LogP contribution in [0.1, 0.15) is 18.1 Å². The number of aryl methyl sites for hydroxylation is 1. The molecule has 15 heavy (non-hydrogen) atoms. The van der Waals surface area contributed by atoms with E-state index in [1.54, 1.807) is 12.1 Å². The van der Waals surface area contributed by atoms with Crippen LogP contribution in [0.4, 0.5) is 0 Å². The third-order valence-corrected chi connectivity index (χ3v) is 2.44. The van der Waals surface area contributed by atoms with Crippen LogP contribution >= 0.6 is 11.6 Å². The van der Waals surface area contributed by atoms with Crippen molar-refractivity contribution < 1.29 is 9.90 Å². The molecule has 0 aliphatic rings. The minimum atomic E-state index is -0.149. The van der Waals surface area contributed by atoms with E-state index in [9.17, 15) is 4.79 Å². The van der Waals surface area contributed by atoms with Crippen molar-refractivity contribution in [3.05, 3.63) is 40.4 Å². The Labute approximate surface area is 94.2 Å². The third kappa shape index (κ3) is 2.91. The van der Waals surface area contributed by atoms with Crippen LogP contribution < -0.4 is 0 Å². The first-order valence-electron chi connectivity index (χ1n) is 4.78. The normalized spacial score (nSPS) is 11.5. The minimum Gasteiger partial charge on any atom is -0.392 e. The molecule has 0 radical (unpaired) electrons. The van der Waals surface area contributed by atoms with Crippen LogP contribution in [0.25, 0.3) is 5.57 Å². The molecule has 0 atom stereocenters. The van der Waals surface area contributed by atoms with E-state index in [-0.39, 0.29) is 6.61 Å². The number of aliphatic hydroxyl groups is 1. The van der Waals surface area contributed by atoms with Gasteiger partial charge < -0.3 is 5.11 Å². The molecule has 1 aromatic carbocycles. The molecular formula is C12H13ClO2. The molecule has 0 saturated heterocycles. The number of rotatable bonds is 4. The molecule has 1 N–H and O–H groups in total. The van der Waals surface area contributed by atoms with Crippen molar-refractivity contribution in [3.63, 3.8) is 0 Å². The van der Waals surface area contributed by atoms with Gasteiger partial charge in [0.25, 0.3) is 0 Å². The lowest BCUT2D eigenvalue weighted by molar-refractivity contribution is -0.103. The molecular weight excluding hydrogens is 212 g/mol. The molecule has 0 aliphatic carbocycles. The standard InChI is InChI=1S/C12H13ClO2/c1-2-9-3-4-11(13)7-12(9)10(8-15)5-6-14/h3-5,7-8,14H,2,6H2,1H3/b10-5+. The zero-order chi connectivity index (χ0) is 11.3. The summed E-state index contributed by atoms with van der Waals surface area (Å²) < 4.78 is 0. The number of carbonyl (C=O) groups excluding carboxylic acids is 1. The predicted molar refractivity (Wildman–Crippen MR) is 62.0 cm³/mol. The second kappa shape index (κ2) is 5.69. The zero-order valence-electron chi connectivity index (χ0n) is 8.53. The van der Waals surface area contributed by atoms with Gasteiger partial charge in [-0.25, -0.2) is 0 Å². The average Bonchev–Trinajstić information content (AvgIpc) is 2.26. The highest BCUT2D eigenvalue weighted by atomic mass is 35.5. The number of carbonyl (C=O) groups is 1. The molecule has 0 amide bonds. The molecule has 3 heteroatoms. The molecule has 0 aromatic heterocycles. The minimum absolute atomic E-state index is 0.149. The Morgan fingerprint density at radius 3 is 2.80 bits per heavy atom. The van der Waals surface area contributed by atoms with Gasteiger partial charge in [-0.15, -0.1) is 0 Å². The first-order chi connectivity index (χ1) is 7.22. The van der Waals surface area contributed by atoms with E-state index in [1.807, 2.05) is 13.0 Å². The summed E-state index contributed by atoms with van der Waals surface area (Å²) in [6.45, 7) is 1.86. The second-order valence-electron chi connectivity index (χ2n) is 3.11. The number of halogens is 1. The van der Waals surface area contributed by atoms with Gasteiger partial charge in [0.2, 0.25) is 0 Å². The second-order valence-corrected chi connectivity index (χ2v) is 3.55. The molecule has 1 aromatic rings. The van der Waals surface area contributed by atoms with Gasteiger partial charge >= 0.3 is 0 Å². The molecule has 0 spiro atoms. The van der Waals surface area contributed by atoms with Crippen molar-refractivity contribution in [2.75, 3.05) is 6.61 Å². The largest absolute Gasteiger partial charge is 0.392 e. The molecule has 1 rings (SSSR count). The average molecular weight is 225 g/mol. The fraction of sp³-hybridized carbons (Fsp3) is 0.250. The van der Waals surface area contributed by atoms with E-state index in [1.165, 1.54) is 6.08 Å². The maximum Gasteiger partial charge on any atom is 0.150 e. The van der Waals surface area contributed by atoms with Crippen LogP contribution in [-0.2, 0) is 11.2 Å². The number of aldehydes is 1. The molecule has 0 aliphatic heterocycles. The summed E-state index contributed by atoms with van der Waals surface area (Å²) in [5.41, 5.74) is 2.33. The Balaban J connectivity index is 3.26. The molecule has 0 unspecified atom stereocenters. The summed E-state index contributed by atoms with van der Waals surface area (Å²) in [6.07, 6.45) is 3.04. The van der Waals surface area contributed by atoms with Crippen LogP contribution in [-0.4, -0.2) is 18.0 Å². The Hall–Kier alpha value is -1.12. The van der Waals surface area contributed by atoms with Crippen LogP contribution in [0.2, 0.25) is 5.02 Å². The first-order valence-corrected chi connectivity index (χ1v) is 5.15. The number of hydrogen-bond acceptors (Lipinski definition) is 2. The fourth-order valence-electron chi connectivity index (χ4n) is 1.45. The fourth-order valence-corrected chi connectivity index (χ4v) is 1.62. The summed E-state index contributed by atoms with van der Waals surface area (Å²) >= 11 is 5.87. The highest BCUT2D eigenvalue weighted by Gasteiger charge is 2.06. The maximum atomic E-state index is 10.9. The summed E-state index contributed by atoms with van der Waals surface area (Å²) in [4.78, 5) is 10.9. The topological polar surface area (TPSA) is 37.3 Å². The highest BCUT2D eigenvalue weighted by Crippen LogP contribution is 2.22. The van der Waals surface area contributed by atoms with E-state index < -0.39 is 0 Å². The van der Waals surface area contributed by atoms with Crippen molar-refractivity contribution in [3.8, 4) is 0 Å². The van der Waals surface area contributed by atoms with Crippen LogP contribution in [0.15, 0.2) is 24.3 Å². The summed E-state index contributed by atoms with van der Waals surface area (Å²) in [5, 5.41) is 9.38. The molecule has 2 nitrogen and oxygen atoms in total. The summed E-state index contributed by atoms with van der Waals surface area (Å²) in [5.74, 6) is 0. The van der Waals surface area contributed by atoms with Gasteiger partial charge in [0.1, 0.15) is 6.29 Å². The number of aliphatic hydroxyl groups excluding tert-OH is 1. The zero-order valence-corrected chi connectivity index (χ0v) is 9.29. The quantitative estimate of drug-likeness (QED) is 0.630. The van der Waals surface area contributed by atoms with Crippen molar-refractivity contribution >= 4 is 23.5 Å². The SMILES string of the molecule is CCc1ccc(Cl)cc1/C(C=O)=C/CO. The van der Waals surface area contributed by atoms with Crippen LogP contribution in [0, 0.1) is 0 Å². The Kier molecular flexibility index (Phi) is 4.53. The smallest absolute Gasteiger partial charge is 0.150 e.